The van der Waals surface area contributed by atoms with Crippen LogP contribution in [0.25, 0.3) is 6.08 Å². The maximum atomic E-state index is 5.31. The summed E-state index contributed by atoms with van der Waals surface area (Å²) in [4.78, 5) is 0. The van der Waals surface area contributed by atoms with Gasteiger partial charge in [0.15, 0.2) is 0 Å². The van der Waals surface area contributed by atoms with E-state index < -0.39 is 0 Å². The summed E-state index contributed by atoms with van der Waals surface area (Å²) >= 11 is 0. The van der Waals surface area contributed by atoms with E-state index >= 15 is 0 Å². The second kappa shape index (κ2) is 3.25. The van der Waals surface area contributed by atoms with Crippen molar-refractivity contribution in [2.75, 3.05) is 7.11 Å². The summed E-state index contributed by atoms with van der Waals surface area (Å²) in [6.45, 7) is 2.20. The predicted molar refractivity (Wildman–Crippen MR) is 55.0 cm³/mol. The van der Waals surface area contributed by atoms with E-state index in [9.17, 15) is 0 Å². The van der Waals surface area contributed by atoms with Gasteiger partial charge in [0.05, 0.1) is 7.11 Å². The Morgan fingerprint density at radius 3 is 2.92 bits per heavy atom. The van der Waals surface area contributed by atoms with Crippen LogP contribution in [0.4, 0.5) is 0 Å². The van der Waals surface area contributed by atoms with Gasteiger partial charge >= 0.3 is 0 Å². The largest absolute Gasteiger partial charge is 0.496 e. The van der Waals surface area contributed by atoms with E-state index in [-0.39, 0.29) is 0 Å². The van der Waals surface area contributed by atoms with Crippen LogP contribution >= 0.6 is 0 Å². The third kappa shape index (κ3) is 1.35. The quantitative estimate of drug-likeness (QED) is 0.669. The van der Waals surface area contributed by atoms with Gasteiger partial charge in [0.1, 0.15) is 5.75 Å². The summed E-state index contributed by atoms with van der Waals surface area (Å²) in [7, 11) is 1.73. The monoisotopic (exact) mass is 174 g/mol. The molecule has 1 aliphatic carbocycles. The normalized spacial score (nSPS) is 13.8. The second-order valence-electron chi connectivity index (χ2n) is 3.37. The third-order valence-corrected chi connectivity index (χ3v) is 2.60. The Kier molecular flexibility index (Phi) is 2.09. The van der Waals surface area contributed by atoms with Crippen LogP contribution in [0, 0.1) is 0 Å². The molecule has 0 aliphatic heterocycles. The molecule has 68 valence electrons. The number of fused-ring (bicyclic) bond motifs is 1. The molecule has 1 nitrogen and oxygen atoms in total. The van der Waals surface area contributed by atoms with Gasteiger partial charge in [-0.2, -0.15) is 0 Å². The summed E-state index contributed by atoms with van der Waals surface area (Å²) in [5.74, 6) is 1.00. The predicted octanol–water partition coefficient (Wildman–Crippen LogP) is 3.04. The molecule has 0 heterocycles. The van der Waals surface area contributed by atoms with Gasteiger partial charge in [-0.15, -0.1) is 0 Å². The summed E-state index contributed by atoms with van der Waals surface area (Å²) in [6, 6.07) is 6.26. The Hall–Kier alpha value is -1.24. The fraction of sp³-hybridized carbons (Fsp3) is 0.333. The topological polar surface area (TPSA) is 9.23 Å². The Bertz CT molecular complexity index is 350. The van der Waals surface area contributed by atoms with Crippen molar-refractivity contribution in [2.24, 2.45) is 0 Å². The molecule has 0 unspecified atom stereocenters. The highest BCUT2D eigenvalue weighted by molar-refractivity contribution is 5.69. The first-order valence-electron chi connectivity index (χ1n) is 4.70. The van der Waals surface area contributed by atoms with Crippen molar-refractivity contribution in [3.05, 3.63) is 34.9 Å². The smallest absolute Gasteiger partial charge is 0.126 e. The number of allylic oxidation sites excluding steroid dienone is 1. The molecule has 1 heteroatoms. The Balaban J connectivity index is 2.45. The summed E-state index contributed by atoms with van der Waals surface area (Å²) < 4.78 is 5.31. The maximum absolute atomic E-state index is 5.31. The molecule has 0 N–H and O–H groups in total. The molecule has 1 aromatic carbocycles. The zero-order valence-corrected chi connectivity index (χ0v) is 8.13. The van der Waals surface area contributed by atoms with E-state index in [1.807, 2.05) is 6.07 Å². The highest BCUT2D eigenvalue weighted by atomic mass is 16.5. The number of hydrogen-bond acceptors (Lipinski definition) is 1. The van der Waals surface area contributed by atoms with Gasteiger partial charge in [0, 0.05) is 5.56 Å². The lowest BCUT2D eigenvalue weighted by Crippen LogP contribution is -1.88. The number of rotatable bonds is 2. The van der Waals surface area contributed by atoms with Gasteiger partial charge < -0.3 is 4.74 Å². The lowest BCUT2D eigenvalue weighted by atomic mass is 10.1. The number of methoxy groups -OCH3 is 1. The van der Waals surface area contributed by atoms with E-state index in [1.165, 1.54) is 16.7 Å². The van der Waals surface area contributed by atoms with E-state index in [4.69, 9.17) is 4.74 Å². The zero-order chi connectivity index (χ0) is 9.26. The number of benzene rings is 1. The van der Waals surface area contributed by atoms with E-state index in [1.54, 1.807) is 7.11 Å². The molecular weight excluding hydrogens is 160 g/mol. The first kappa shape index (κ1) is 8.36. The second-order valence-corrected chi connectivity index (χ2v) is 3.37. The SMILES string of the molecule is CCC1=Cc2c(cccc2OC)C1. The van der Waals surface area contributed by atoms with Gasteiger partial charge in [-0.05, 0) is 24.5 Å². The van der Waals surface area contributed by atoms with Crippen molar-refractivity contribution in [1.82, 2.24) is 0 Å². The molecule has 0 bridgehead atoms. The highest BCUT2D eigenvalue weighted by Crippen LogP contribution is 2.33. The fourth-order valence-corrected chi connectivity index (χ4v) is 1.81. The summed E-state index contributed by atoms with van der Waals surface area (Å²) in [5, 5.41) is 0. The van der Waals surface area contributed by atoms with Crippen LogP contribution in [0.2, 0.25) is 0 Å². The highest BCUT2D eigenvalue weighted by Gasteiger charge is 2.14. The molecule has 0 radical (unpaired) electrons. The first-order chi connectivity index (χ1) is 6.35. The Morgan fingerprint density at radius 1 is 1.38 bits per heavy atom. The van der Waals surface area contributed by atoms with Gasteiger partial charge in [-0.3, -0.25) is 0 Å². The molecule has 0 atom stereocenters. The molecule has 2 rings (SSSR count). The molecule has 13 heavy (non-hydrogen) atoms. The zero-order valence-electron chi connectivity index (χ0n) is 8.13. The van der Waals surface area contributed by atoms with Crippen molar-refractivity contribution in [2.45, 2.75) is 19.8 Å². The lowest BCUT2D eigenvalue weighted by molar-refractivity contribution is 0.413. The van der Waals surface area contributed by atoms with E-state index in [2.05, 4.69) is 25.1 Å². The molecular formula is C12H14O. The molecule has 0 saturated carbocycles. The van der Waals surface area contributed by atoms with Crippen LogP contribution in [-0.4, -0.2) is 7.11 Å². The van der Waals surface area contributed by atoms with E-state index in [0.717, 1.165) is 18.6 Å². The average Bonchev–Trinajstić information content (AvgIpc) is 2.59. The standard InChI is InChI=1S/C12H14O/c1-3-9-7-10-5-4-6-12(13-2)11(10)8-9/h4-6,8H,3,7H2,1-2H3. The van der Waals surface area contributed by atoms with Crippen molar-refractivity contribution >= 4 is 6.08 Å². The van der Waals surface area contributed by atoms with Crippen LogP contribution < -0.4 is 4.74 Å². The van der Waals surface area contributed by atoms with Crippen LogP contribution in [0.3, 0.4) is 0 Å². The minimum absolute atomic E-state index is 1.00. The molecule has 0 amide bonds. The van der Waals surface area contributed by atoms with Crippen LogP contribution in [0.5, 0.6) is 5.75 Å². The van der Waals surface area contributed by atoms with Crippen molar-refractivity contribution in [3.8, 4) is 5.75 Å². The maximum Gasteiger partial charge on any atom is 0.126 e. The number of hydrogen-bond donors (Lipinski definition) is 0. The van der Waals surface area contributed by atoms with Gasteiger partial charge in [-0.1, -0.05) is 30.7 Å². The molecule has 0 aromatic heterocycles. The molecule has 0 fully saturated rings. The average molecular weight is 174 g/mol. The van der Waals surface area contributed by atoms with Crippen molar-refractivity contribution < 1.29 is 4.74 Å². The van der Waals surface area contributed by atoms with Crippen LogP contribution in [0.1, 0.15) is 24.5 Å². The number of ether oxygens (including phenoxy) is 1. The molecule has 1 aliphatic rings. The van der Waals surface area contributed by atoms with Crippen molar-refractivity contribution in [1.29, 1.82) is 0 Å². The molecule has 0 saturated heterocycles. The first-order valence-corrected chi connectivity index (χ1v) is 4.70. The molecule has 1 aromatic rings. The lowest BCUT2D eigenvalue weighted by Gasteiger charge is -2.04. The fourth-order valence-electron chi connectivity index (χ4n) is 1.81. The van der Waals surface area contributed by atoms with Gasteiger partial charge in [0.2, 0.25) is 0 Å². The van der Waals surface area contributed by atoms with Gasteiger partial charge in [0.25, 0.3) is 0 Å². The van der Waals surface area contributed by atoms with E-state index in [0.29, 0.717) is 0 Å². The molecule has 0 spiro atoms. The summed E-state index contributed by atoms with van der Waals surface area (Å²) in [6.07, 6.45) is 4.50. The van der Waals surface area contributed by atoms with Crippen LogP contribution in [-0.2, 0) is 6.42 Å². The minimum Gasteiger partial charge on any atom is -0.496 e. The van der Waals surface area contributed by atoms with Crippen LogP contribution in [0.15, 0.2) is 23.8 Å². The van der Waals surface area contributed by atoms with Crippen molar-refractivity contribution in [3.63, 3.8) is 0 Å². The Labute approximate surface area is 79.0 Å². The summed E-state index contributed by atoms with van der Waals surface area (Å²) in [5.41, 5.74) is 4.18. The Morgan fingerprint density at radius 2 is 2.23 bits per heavy atom. The minimum atomic E-state index is 1.00. The third-order valence-electron chi connectivity index (χ3n) is 2.60. The van der Waals surface area contributed by atoms with Gasteiger partial charge in [-0.25, -0.2) is 0 Å².